The minimum atomic E-state index is -0.519. The maximum absolute atomic E-state index is 11.8. The van der Waals surface area contributed by atoms with E-state index in [1.165, 1.54) is 17.4 Å². The molecule has 0 radical (unpaired) electrons. The summed E-state index contributed by atoms with van der Waals surface area (Å²) in [5.74, 6) is -0.705. The number of hydrogen-bond acceptors (Lipinski definition) is 5. The molecule has 24 heavy (non-hydrogen) atoms. The molecule has 0 fully saturated rings. The lowest BCUT2D eigenvalue weighted by atomic mass is 10.2. The van der Waals surface area contributed by atoms with Gasteiger partial charge in [-0.15, -0.1) is 22.7 Å². The van der Waals surface area contributed by atoms with Gasteiger partial charge in [0.2, 0.25) is 5.78 Å². The summed E-state index contributed by atoms with van der Waals surface area (Å²) in [6.45, 7) is -0.233. The smallest absolute Gasteiger partial charge is 0.331 e. The zero-order chi connectivity index (χ0) is 16.8. The lowest BCUT2D eigenvalue weighted by Crippen LogP contribution is -2.11. The maximum Gasteiger partial charge on any atom is 0.331 e. The van der Waals surface area contributed by atoms with Crippen LogP contribution >= 0.6 is 22.7 Å². The first-order valence-electron chi connectivity index (χ1n) is 7.29. The van der Waals surface area contributed by atoms with Crippen molar-refractivity contribution in [3.8, 4) is 10.4 Å². The largest absolute Gasteiger partial charge is 0.454 e. The average Bonchev–Trinajstić information content (AvgIpc) is 3.30. The first kappa shape index (κ1) is 16.4. The molecule has 0 aliphatic heterocycles. The molecule has 0 saturated carbocycles. The molecule has 2 heterocycles. The Hall–Kier alpha value is -2.50. The van der Waals surface area contributed by atoms with Crippen molar-refractivity contribution in [3.05, 3.63) is 75.8 Å². The van der Waals surface area contributed by atoms with Crippen LogP contribution in [0.15, 0.2) is 66.1 Å². The number of thiophene rings is 2. The van der Waals surface area contributed by atoms with E-state index in [9.17, 15) is 9.59 Å². The van der Waals surface area contributed by atoms with Gasteiger partial charge in [0.05, 0.1) is 4.88 Å². The standard InChI is InChI=1S/C19H14O3S2/c20-16(18-7-4-12-23-18)13-22-19(21)11-9-15-8-10-17(24-15)14-5-2-1-3-6-14/h1-12H,13H2/b11-9+. The number of esters is 1. The molecular weight excluding hydrogens is 340 g/mol. The first-order chi connectivity index (χ1) is 11.7. The average molecular weight is 354 g/mol. The van der Waals surface area contributed by atoms with Crippen molar-refractivity contribution in [2.75, 3.05) is 6.61 Å². The summed E-state index contributed by atoms with van der Waals surface area (Å²) >= 11 is 2.93. The molecule has 0 unspecified atom stereocenters. The number of ketones is 1. The molecule has 0 amide bonds. The van der Waals surface area contributed by atoms with Crippen molar-refractivity contribution in [2.24, 2.45) is 0 Å². The van der Waals surface area contributed by atoms with Gasteiger partial charge in [-0.2, -0.15) is 0 Å². The molecule has 0 aliphatic rings. The molecule has 0 aliphatic carbocycles. The van der Waals surface area contributed by atoms with Crippen LogP contribution in [0.25, 0.3) is 16.5 Å². The van der Waals surface area contributed by atoms with Gasteiger partial charge in [-0.25, -0.2) is 4.79 Å². The molecule has 0 N–H and O–H groups in total. The number of ether oxygens (including phenoxy) is 1. The number of carbonyl (C=O) groups excluding carboxylic acids is 2. The molecule has 0 saturated heterocycles. The van der Waals surface area contributed by atoms with Crippen molar-refractivity contribution < 1.29 is 14.3 Å². The van der Waals surface area contributed by atoms with E-state index in [2.05, 4.69) is 0 Å². The van der Waals surface area contributed by atoms with Crippen LogP contribution in [0, 0.1) is 0 Å². The summed E-state index contributed by atoms with van der Waals surface area (Å²) in [5.41, 5.74) is 1.14. The first-order valence-corrected chi connectivity index (χ1v) is 8.99. The Morgan fingerprint density at radius 2 is 1.83 bits per heavy atom. The molecule has 0 atom stereocenters. The monoisotopic (exact) mass is 354 g/mol. The van der Waals surface area contributed by atoms with Crippen LogP contribution < -0.4 is 0 Å². The third kappa shape index (κ3) is 4.28. The summed E-state index contributed by atoms with van der Waals surface area (Å²) in [5, 5.41) is 1.82. The fourth-order valence-electron chi connectivity index (χ4n) is 2.04. The van der Waals surface area contributed by atoms with Crippen LogP contribution in [0.5, 0.6) is 0 Å². The molecule has 3 nitrogen and oxygen atoms in total. The number of Topliss-reactive ketones (excluding diaryl/α,β-unsaturated/α-hetero) is 1. The molecule has 0 bridgehead atoms. The zero-order valence-electron chi connectivity index (χ0n) is 12.7. The molecular formula is C19H14O3S2. The van der Waals surface area contributed by atoms with Gasteiger partial charge in [0, 0.05) is 15.8 Å². The number of carbonyl (C=O) groups is 2. The van der Waals surface area contributed by atoms with Crippen molar-refractivity contribution >= 4 is 40.5 Å². The molecule has 3 rings (SSSR count). The molecule has 120 valence electrons. The van der Waals surface area contributed by atoms with Crippen LogP contribution in [0.2, 0.25) is 0 Å². The Labute approximate surface area is 147 Å². The van der Waals surface area contributed by atoms with Crippen LogP contribution in [0.3, 0.4) is 0 Å². The Morgan fingerprint density at radius 1 is 1.00 bits per heavy atom. The van der Waals surface area contributed by atoms with Crippen molar-refractivity contribution in [1.82, 2.24) is 0 Å². The highest BCUT2D eigenvalue weighted by atomic mass is 32.1. The summed E-state index contributed by atoms with van der Waals surface area (Å²) in [7, 11) is 0. The predicted octanol–water partition coefficient (Wildman–Crippen LogP) is 4.92. The SMILES string of the molecule is O=C(/C=C/c1ccc(-c2ccccc2)s1)OCC(=O)c1cccs1. The second kappa shape index (κ2) is 7.86. The van der Waals surface area contributed by atoms with Crippen LogP contribution in [0.4, 0.5) is 0 Å². The van der Waals surface area contributed by atoms with Crippen molar-refractivity contribution in [3.63, 3.8) is 0 Å². The fourth-order valence-corrected chi connectivity index (χ4v) is 3.61. The van der Waals surface area contributed by atoms with Gasteiger partial charge in [0.25, 0.3) is 0 Å². The second-order valence-electron chi connectivity index (χ2n) is 4.91. The summed E-state index contributed by atoms with van der Waals surface area (Å²) in [6.07, 6.45) is 3.05. The number of benzene rings is 1. The van der Waals surface area contributed by atoms with Gasteiger partial charge in [0.1, 0.15) is 0 Å². The van der Waals surface area contributed by atoms with Gasteiger partial charge in [0.15, 0.2) is 6.61 Å². The van der Waals surface area contributed by atoms with E-state index in [1.54, 1.807) is 29.5 Å². The summed E-state index contributed by atoms with van der Waals surface area (Å²) < 4.78 is 4.98. The minimum absolute atomic E-state index is 0.186. The fraction of sp³-hybridized carbons (Fsp3) is 0.0526. The van der Waals surface area contributed by atoms with E-state index in [0.29, 0.717) is 4.88 Å². The molecule has 5 heteroatoms. The third-order valence-electron chi connectivity index (χ3n) is 3.21. The molecule has 3 aromatic rings. The highest BCUT2D eigenvalue weighted by Crippen LogP contribution is 2.28. The summed E-state index contributed by atoms with van der Waals surface area (Å²) in [4.78, 5) is 26.2. The quantitative estimate of drug-likeness (QED) is 0.359. The highest BCUT2D eigenvalue weighted by molar-refractivity contribution is 7.16. The zero-order valence-corrected chi connectivity index (χ0v) is 14.3. The highest BCUT2D eigenvalue weighted by Gasteiger charge is 2.09. The van der Waals surface area contributed by atoms with E-state index >= 15 is 0 Å². The van der Waals surface area contributed by atoms with E-state index in [-0.39, 0.29) is 12.4 Å². The normalized spacial score (nSPS) is 10.8. The molecule has 2 aromatic heterocycles. The van der Waals surface area contributed by atoms with Crippen molar-refractivity contribution in [1.29, 1.82) is 0 Å². The lowest BCUT2D eigenvalue weighted by molar-refractivity contribution is -0.136. The number of rotatable bonds is 6. The van der Waals surface area contributed by atoms with Crippen LogP contribution in [-0.2, 0) is 9.53 Å². The second-order valence-corrected chi connectivity index (χ2v) is 6.97. The Balaban J connectivity index is 1.55. The molecule has 0 spiro atoms. The van der Waals surface area contributed by atoms with Gasteiger partial charge in [-0.3, -0.25) is 4.79 Å². The van der Waals surface area contributed by atoms with E-state index < -0.39 is 5.97 Å². The topological polar surface area (TPSA) is 43.4 Å². The van der Waals surface area contributed by atoms with Gasteiger partial charge < -0.3 is 4.74 Å². The van der Waals surface area contributed by atoms with E-state index in [4.69, 9.17) is 4.74 Å². The van der Waals surface area contributed by atoms with Crippen LogP contribution in [-0.4, -0.2) is 18.4 Å². The van der Waals surface area contributed by atoms with Gasteiger partial charge in [-0.05, 0) is 35.2 Å². The minimum Gasteiger partial charge on any atom is -0.454 e. The lowest BCUT2D eigenvalue weighted by Gasteiger charge is -1.99. The maximum atomic E-state index is 11.8. The van der Waals surface area contributed by atoms with E-state index in [1.807, 2.05) is 47.8 Å². The molecule has 1 aromatic carbocycles. The Morgan fingerprint density at radius 3 is 2.58 bits per heavy atom. The van der Waals surface area contributed by atoms with Crippen molar-refractivity contribution in [2.45, 2.75) is 0 Å². The van der Waals surface area contributed by atoms with Gasteiger partial charge in [-0.1, -0.05) is 36.4 Å². The summed E-state index contributed by atoms with van der Waals surface area (Å²) in [6, 6.07) is 17.5. The van der Waals surface area contributed by atoms with E-state index in [0.717, 1.165) is 15.3 Å². The van der Waals surface area contributed by atoms with Gasteiger partial charge >= 0.3 is 5.97 Å². The third-order valence-corrected chi connectivity index (χ3v) is 5.22. The number of hydrogen-bond donors (Lipinski definition) is 0. The Kier molecular flexibility index (Phi) is 5.36. The Bertz CT molecular complexity index is 846. The van der Waals surface area contributed by atoms with Crippen LogP contribution in [0.1, 0.15) is 14.5 Å². The predicted molar refractivity (Wildman–Crippen MR) is 98.4 cm³/mol.